The van der Waals surface area contributed by atoms with Crippen LogP contribution in [0.2, 0.25) is 0 Å². The van der Waals surface area contributed by atoms with E-state index in [1.807, 2.05) is 30.3 Å². The van der Waals surface area contributed by atoms with Gasteiger partial charge in [-0.15, -0.1) is 0 Å². The van der Waals surface area contributed by atoms with Crippen LogP contribution in [0, 0.1) is 11.8 Å². The van der Waals surface area contributed by atoms with Crippen LogP contribution in [0.5, 0.6) is 0 Å². The average molecular weight is 198 g/mol. The van der Waals surface area contributed by atoms with Crippen molar-refractivity contribution in [1.82, 2.24) is 0 Å². The molecule has 0 aliphatic heterocycles. The van der Waals surface area contributed by atoms with E-state index < -0.39 is 0 Å². The summed E-state index contributed by atoms with van der Waals surface area (Å²) in [4.78, 5) is 0. The molecule has 0 atom stereocenters. The average Bonchev–Trinajstić information content (AvgIpc) is 2.30. The first-order valence-electron chi connectivity index (χ1n) is 5.58. The van der Waals surface area contributed by atoms with Gasteiger partial charge in [0.2, 0.25) is 0 Å². The van der Waals surface area contributed by atoms with Crippen molar-refractivity contribution in [2.24, 2.45) is 0 Å². The van der Waals surface area contributed by atoms with Gasteiger partial charge in [-0.3, -0.25) is 0 Å². The van der Waals surface area contributed by atoms with Crippen LogP contribution >= 0.6 is 0 Å². The summed E-state index contributed by atoms with van der Waals surface area (Å²) in [5.41, 5.74) is 2.24. The number of benzene rings is 1. The molecule has 0 aliphatic rings. The molecular weight excluding hydrogens is 180 g/mol. The van der Waals surface area contributed by atoms with Gasteiger partial charge in [-0.25, -0.2) is 0 Å². The Hall–Kier alpha value is -1.48. The van der Waals surface area contributed by atoms with E-state index in [9.17, 15) is 0 Å². The van der Waals surface area contributed by atoms with Gasteiger partial charge in [-0.1, -0.05) is 56.4 Å². The van der Waals surface area contributed by atoms with Crippen LogP contribution in [-0.4, -0.2) is 0 Å². The SMILES string of the molecule is C=Cc1ccc(C#CCCCCC)cc1. The van der Waals surface area contributed by atoms with Crippen LogP contribution in [0.1, 0.15) is 43.7 Å². The molecule has 0 saturated heterocycles. The Bertz CT molecular complexity index is 346. The summed E-state index contributed by atoms with van der Waals surface area (Å²) in [6.45, 7) is 5.93. The standard InChI is InChI=1S/C15H18/c1-3-5-6-7-8-9-15-12-10-14(4-2)11-13-15/h4,10-13H,2-3,5-7H2,1H3. The molecule has 1 aromatic carbocycles. The van der Waals surface area contributed by atoms with Crippen molar-refractivity contribution in [2.45, 2.75) is 32.6 Å². The molecule has 0 unspecified atom stereocenters. The van der Waals surface area contributed by atoms with E-state index in [-0.39, 0.29) is 0 Å². The molecule has 0 radical (unpaired) electrons. The Morgan fingerprint density at radius 1 is 1.20 bits per heavy atom. The van der Waals surface area contributed by atoms with Gasteiger partial charge in [0.25, 0.3) is 0 Å². The minimum Gasteiger partial charge on any atom is -0.0985 e. The molecule has 1 rings (SSSR count). The topological polar surface area (TPSA) is 0 Å². The van der Waals surface area contributed by atoms with E-state index in [0.29, 0.717) is 0 Å². The van der Waals surface area contributed by atoms with Crippen molar-refractivity contribution in [3.8, 4) is 11.8 Å². The highest BCUT2D eigenvalue weighted by atomic mass is 13.9. The lowest BCUT2D eigenvalue weighted by atomic mass is 10.1. The zero-order valence-corrected chi connectivity index (χ0v) is 9.42. The van der Waals surface area contributed by atoms with E-state index >= 15 is 0 Å². The van der Waals surface area contributed by atoms with Crippen molar-refractivity contribution in [3.05, 3.63) is 42.0 Å². The van der Waals surface area contributed by atoms with Crippen LogP contribution in [0.15, 0.2) is 30.8 Å². The fraction of sp³-hybridized carbons (Fsp3) is 0.333. The number of unbranched alkanes of at least 4 members (excludes halogenated alkanes) is 3. The van der Waals surface area contributed by atoms with E-state index in [1.165, 1.54) is 19.3 Å². The minimum atomic E-state index is 1.01. The molecule has 0 aliphatic carbocycles. The first-order valence-corrected chi connectivity index (χ1v) is 5.58. The molecule has 78 valence electrons. The van der Waals surface area contributed by atoms with Crippen molar-refractivity contribution < 1.29 is 0 Å². The molecule has 1 aromatic rings. The van der Waals surface area contributed by atoms with Gasteiger partial charge >= 0.3 is 0 Å². The number of rotatable bonds is 4. The molecule has 0 fully saturated rings. The van der Waals surface area contributed by atoms with Gasteiger partial charge in [0.1, 0.15) is 0 Å². The lowest BCUT2D eigenvalue weighted by Gasteiger charge is -1.93. The van der Waals surface area contributed by atoms with Crippen molar-refractivity contribution >= 4 is 6.08 Å². The minimum absolute atomic E-state index is 1.01. The highest BCUT2D eigenvalue weighted by molar-refractivity contribution is 5.49. The summed E-state index contributed by atoms with van der Waals surface area (Å²) in [5.74, 6) is 6.37. The molecular formula is C15H18. The van der Waals surface area contributed by atoms with Crippen LogP contribution < -0.4 is 0 Å². The quantitative estimate of drug-likeness (QED) is 0.501. The highest BCUT2D eigenvalue weighted by Crippen LogP contribution is 2.04. The van der Waals surface area contributed by atoms with Gasteiger partial charge in [0, 0.05) is 12.0 Å². The molecule has 0 saturated carbocycles. The predicted molar refractivity (Wildman–Crippen MR) is 67.6 cm³/mol. The normalized spacial score (nSPS) is 9.13. The van der Waals surface area contributed by atoms with Crippen LogP contribution in [0.3, 0.4) is 0 Å². The Morgan fingerprint density at radius 2 is 1.93 bits per heavy atom. The van der Waals surface area contributed by atoms with Gasteiger partial charge in [-0.05, 0) is 24.1 Å². The van der Waals surface area contributed by atoms with Crippen LogP contribution in [0.25, 0.3) is 6.08 Å². The molecule has 0 heteroatoms. The fourth-order valence-corrected chi connectivity index (χ4v) is 1.33. The zero-order chi connectivity index (χ0) is 10.9. The second kappa shape index (κ2) is 6.90. The van der Waals surface area contributed by atoms with Gasteiger partial charge < -0.3 is 0 Å². The molecule has 0 nitrogen and oxygen atoms in total. The third-order valence-corrected chi connectivity index (χ3v) is 2.28. The van der Waals surface area contributed by atoms with Crippen molar-refractivity contribution in [2.75, 3.05) is 0 Å². The summed E-state index contributed by atoms with van der Waals surface area (Å²) in [5, 5.41) is 0. The third-order valence-electron chi connectivity index (χ3n) is 2.28. The Balaban J connectivity index is 2.45. The maximum Gasteiger partial charge on any atom is 0.0245 e. The molecule has 0 bridgehead atoms. The van der Waals surface area contributed by atoms with Crippen LogP contribution in [0.4, 0.5) is 0 Å². The third kappa shape index (κ3) is 4.51. The van der Waals surface area contributed by atoms with Gasteiger partial charge in [-0.2, -0.15) is 0 Å². The van der Waals surface area contributed by atoms with E-state index in [1.54, 1.807) is 0 Å². The highest BCUT2D eigenvalue weighted by Gasteiger charge is 1.87. The smallest absolute Gasteiger partial charge is 0.0245 e. The monoisotopic (exact) mass is 198 g/mol. The molecule has 0 aromatic heterocycles. The number of hydrogen-bond donors (Lipinski definition) is 0. The largest absolute Gasteiger partial charge is 0.0985 e. The van der Waals surface area contributed by atoms with Crippen molar-refractivity contribution in [1.29, 1.82) is 0 Å². The summed E-state index contributed by atoms with van der Waals surface area (Å²) in [6, 6.07) is 8.18. The maximum atomic E-state index is 3.72. The predicted octanol–water partition coefficient (Wildman–Crippen LogP) is 4.26. The van der Waals surface area contributed by atoms with Gasteiger partial charge in [0.15, 0.2) is 0 Å². The lowest BCUT2D eigenvalue weighted by molar-refractivity contribution is 0.737. The first kappa shape index (κ1) is 11.6. The second-order valence-corrected chi connectivity index (χ2v) is 3.59. The molecule has 0 heterocycles. The number of hydrogen-bond acceptors (Lipinski definition) is 0. The van der Waals surface area contributed by atoms with E-state index in [0.717, 1.165) is 17.5 Å². The summed E-state index contributed by atoms with van der Waals surface area (Å²) >= 11 is 0. The Morgan fingerprint density at radius 3 is 2.53 bits per heavy atom. The molecule has 15 heavy (non-hydrogen) atoms. The van der Waals surface area contributed by atoms with E-state index in [4.69, 9.17) is 0 Å². The van der Waals surface area contributed by atoms with E-state index in [2.05, 4.69) is 25.3 Å². The van der Waals surface area contributed by atoms with Gasteiger partial charge in [0.05, 0.1) is 0 Å². The lowest BCUT2D eigenvalue weighted by Crippen LogP contribution is -1.76. The van der Waals surface area contributed by atoms with Crippen molar-refractivity contribution in [3.63, 3.8) is 0 Å². The molecule has 0 N–H and O–H groups in total. The van der Waals surface area contributed by atoms with Crippen LogP contribution in [-0.2, 0) is 0 Å². The fourth-order valence-electron chi connectivity index (χ4n) is 1.33. The molecule has 0 spiro atoms. The first-order chi connectivity index (χ1) is 7.36. The second-order valence-electron chi connectivity index (χ2n) is 3.59. The summed E-state index contributed by atoms with van der Waals surface area (Å²) < 4.78 is 0. The maximum absolute atomic E-state index is 3.72. The zero-order valence-electron chi connectivity index (χ0n) is 9.42. The summed E-state index contributed by atoms with van der Waals surface area (Å²) in [7, 11) is 0. The summed E-state index contributed by atoms with van der Waals surface area (Å²) in [6.07, 6.45) is 6.61. The molecule has 0 amide bonds. The Kier molecular flexibility index (Phi) is 5.33. The Labute approximate surface area is 93.0 Å².